The molecule has 1 aliphatic heterocycles. The summed E-state index contributed by atoms with van der Waals surface area (Å²) in [4.78, 5) is 24.9. The summed E-state index contributed by atoms with van der Waals surface area (Å²) in [6, 6.07) is 17.3. The summed E-state index contributed by atoms with van der Waals surface area (Å²) in [5.41, 5.74) is 4.61. The molecule has 4 rings (SSSR count). The molecule has 0 saturated heterocycles. The van der Waals surface area contributed by atoms with Crippen molar-refractivity contribution in [1.29, 1.82) is 0 Å². The van der Waals surface area contributed by atoms with Gasteiger partial charge in [-0.25, -0.2) is 13.2 Å². The van der Waals surface area contributed by atoms with E-state index in [2.05, 4.69) is 5.32 Å². The van der Waals surface area contributed by atoms with Crippen molar-refractivity contribution in [2.24, 2.45) is 0 Å². The van der Waals surface area contributed by atoms with Crippen LogP contribution in [0, 0.1) is 6.92 Å². The second-order valence-electron chi connectivity index (χ2n) is 9.47. The number of hydrogen-bond acceptors (Lipinski definition) is 7. The predicted octanol–water partition coefficient (Wildman–Crippen LogP) is 3.77. The van der Waals surface area contributed by atoms with Gasteiger partial charge in [-0.05, 0) is 71.8 Å². The van der Waals surface area contributed by atoms with Crippen molar-refractivity contribution in [3.63, 3.8) is 0 Å². The van der Waals surface area contributed by atoms with E-state index in [1.165, 1.54) is 0 Å². The second-order valence-corrected chi connectivity index (χ2v) is 11.7. The first-order valence-corrected chi connectivity index (χ1v) is 14.5. The maximum absolute atomic E-state index is 13.2. The fraction of sp³-hybridized carbons (Fsp3) is 0.310. The van der Waals surface area contributed by atoms with Crippen LogP contribution in [0.25, 0.3) is 11.1 Å². The van der Waals surface area contributed by atoms with Gasteiger partial charge in [0.1, 0.15) is 15.9 Å². The third-order valence-electron chi connectivity index (χ3n) is 6.39. The highest BCUT2D eigenvalue weighted by molar-refractivity contribution is 7.90. The number of carboxylic acid groups (broad SMARTS) is 1. The molecule has 0 aliphatic carbocycles. The number of fused-ring (bicyclic) bond motifs is 1. The zero-order chi connectivity index (χ0) is 28.0. The number of carbonyl (C=O) groups is 2. The fourth-order valence-electron chi connectivity index (χ4n) is 4.28. The first kappa shape index (κ1) is 28.1. The van der Waals surface area contributed by atoms with Crippen molar-refractivity contribution in [3.05, 3.63) is 82.9 Å². The number of amides is 1. The quantitative estimate of drug-likeness (QED) is 0.325. The molecule has 3 aromatic rings. The summed E-state index contributed by atoms with van der Waals surface area (Å²) >= 11 is 0. The average molecular weight is 554 g/mol. The standard InChI is InChI=1S/C29H31NO8S/c1-19-5-3-4-6-22(19)24-15-21(17-36-13-11-20-8-10-26-27(16-20)38-18-37-26)7-9-23(24)28(31)30-25(29(32)33)12-14-39(2,34)35/h3-10,15-16,25H,11-14,17-18H2,1-2H3,(H,30,31)(H,32,33). The van der Waals surface area contributed by atoms with E-state index in [1.807, 2.05) is 55.5 Å². The number of nitrogens with one attached hydrogen (secondary N) is 1. The van der Waals surface area contributed by atoms with E-state index in [-0.39, 0.29) is 19.0 Å². The van der Waals surface area contributed by atoms with Gasteiger partial charge in [0.05, 0.1) is 19.0 Å². The van der Waals surface area contributed by atoms with E-state index < -0.39 is 27.8 Å². The lowest BCUT2D eigenvalue weighted by Gasteiger charge is -2.18. The van der Waals surface area contributed by atoms with Crippen LogP contribution in [0.2, 0.25) is 0 Å². The zero-order valence-electron chi connectivity index (χ0n) is 21.8. The Balaban J connectivity index is 1.48. The minimum Gasteiger partial charge on any atom is -0.480 e. The molecular weight excluding hydrogens is 522 g/mol. The normalized spacial score (nSPS) is 13.2. The van der Waals surface area contributed by atoms with Gasteiger partial charge in [-0.15, -0.1) is 0 Å². The van der Waals surface area contributed by atoms with E-state index in [1.54, 1.807) is 12.1 Å². The van der Waals surface area contributed by atoms with Crippen molar-refractivity contribution < 1.29 is 37.3 Å². The van der Waals surface area contributed by atoms with Crippen LogP contribution in [-0.2, 0) is 32.4 Å². The molecule has 9 nitrogen and oxygen atoms in total. The summed E-state index contributed by atoms with van der Waals surface area (Å²) in [6.07, 6.45) is 1.49. The number of benzene rings is 3. The lowest BCUT2D eigenvalue weighted by atomic mass is 9.93. The van der Waals surface area contributed by atoms with E-state index in [0.717, 1.165) is 40.0 Å². The van der Waals surface area contributed by atoms with Gasteiger partial charge in [0, 0.05) is 11.8 Å². The SMILES string of the molecule is Cc1ccccc1-c1cc(COCCc2ccc3c(c2)OCO3)ccc1C(=O)NC(CCS(C)(=O)=O)C(=O)O. The number of carboxylic acids is 1. The monoisotopic (exact) mass is 553 g/mol. The largest absolute Gasteiger partial charge is 0.480 e. The van der Waals surface area contributed by atoms with E-state index in [9.17, 15) is 23.1 Å². The van der Waals surface area contributed by atoms with Gasteiger partial charge in [-0.3, -0.25) is 4.79 Å². The summed E-state index contributed by atoms with van der Waals surface area (Å²) in [7, 11) is -3.39. The zero-order valence-corrected chi connectivity index (χ0v) is 22.6. The molecule has 1 heterocycles. The molecule has 1 atom stereocenters. The van der Waals surface area contributed by atoms with Crippen LogP contribution in [0.4, 0.5) is 0 Å². The Morgan fingerprint density at radius 2 is 1.74 bits per heavy atom. The molecule has 206 valence electrons. The Labute approximate surface area is 227 Å². The Kier molecular flexibility index (Phi) is 8.88. The van der Waals surface area contributed by atoms with Crippen molar-refractivity contribution in [2.45, 2.75) is 32.4 Å². The summed E-state index contributed by atoms with van der Waals surface area (Å²) in [5.74, 6) is -0.776. The third-order valence-corrected chi connectivity index (χ3v) is 7.36. The molecule has 2 N–H and O–H groups in total. The third kappa shape index (κ3) is 7.58. The fourth-order valence-corrected chi connectivity index (χ4v) is 4.94. The van der Waals surface area contributed by atoms with Crippen LogP contribution in [0.15, 0.2) is 60.7 Å². The maximum Gasteiger partial charge on any atom is 0.326 e. The van der Waals surface area contributed by atoms with Crippen molar-refractivity contribution in [1.82, 2.24) is 5.32 Å². The first-order chi connectivity index (χ1) is 18.6. The van der Waals surface area contributed by atoms with Gasteiger partial charge < -0.3 is 24.6 Å². The number of aryl methyl sites for hydroxylation is 1. The Hall–Kier alpha value is -3.89. The highest BCUT2D eigenvalue weighted by Crippen LogP contribution is 2.33. The van der Waals surface area contributed by atoms with Gasteiger partial charge in [0.25, 0.3) is 5.91 Å². The van der Waals surface area contributed by atoms with E-state index >= 15 is 0 Å². The molecule has 0 radical (unpaired) electrons. The molecule has 39 heavy (non-hydrogen) atoms. The number of sulfone groups is 1. The number of ether oxygens (including phenoxy) is 3. The molecule has 3 aromatic carbocycles. The Morgan fingerprint density at radius 1 is 1.00 bits per heavy atom. The molecule has 10 heteroatoms. The molecule has 1 amide bonds. The van der Waals surface area contributed by atoms with Gasteiger partial charge in [-0.1, -0.05) is 36.4 Å². The lowest BCUT2D eigenvalue weighted by Crippen LogP contribution is -2.42. The van der Waals surface area contributed by atoms with Crippen LogP contribution in [-0.4, -0.2) is 56.9 Å². The van der Waals surface area contributed by atoms with Gasteiger partial charge >= 0.3 is 5.97 Å². The summed E-state index contributed by atoms with van der Waals surface area (Å²) in [6.45, 7) is 2.95. The summed E-state index contributed by atoms with van der Waals surface area (Å²) < 4.78 is 39.7. The first-order valence-electron chi connectivity index (χ1n) is 12.5. The maximum atomic E-state index is 13.2. The highest BCUT2D eigenvalue weighted by Gasteiger charge is 2.24. The van der Waals surface area contributed by atoms with Crippen molar-refractivity contribution in [2.75, 3.05) is 25.4 Å². The topological polar surface area (TPSA) is 128 Å². The molecule has 1 aliphatic rings. The molecule has 0 fully saturated rings. The molecule has 0 saturated carbocycles. The smallest absolute Gasteiger partial charge is 0.326 e. The lowest BCUT2D eigenvalue weighted by molar-refractivity contribution is -0.139. The molecule has 0 spiro atoms. The predicted molar refractivity (Wildman–Crippen MR) is 146 cm³/mol. The second kappa shape index (κ2) is 12.3. The van der Waals surface area contributed by atoms with Gasteiger partial charge in [0.2, 0.25) is 6.79 Å². The van der Waals surface area contributed by atoms with Crippen LogP contribution in [0.1, 0.15) is 33.5 Å². The van der Waals surface area contributed by atoms with Gasteiger partial charge in [-0.2, -0.15) is 0 Å². The number of hydrogen-bond donors (Lipinski definition) is 2. The molecule has 0 bridgehead atoms. The Bertz CT molecular complexity index is 1470. The Morgan fingerprint density at radius 3 is 2.49 bits per heavy atom. The van der Waals surface area contributed by atoms with Crippen LogP contribution in [0.3, 0.4) is 0 Å². The van der Waals surface area contributed by atoms with Crippen molar-refractivity contribution in [3.8, 4) is 22.6 Å². The summed E-state index contributed by atoms with van der Waals surface area (Å²) in [5, 5.41) is 12.0. The van der Waals surface area contributed by atoms with E-state index in [0.29, 0.717) is 30.8 Å². The average Bonchev–Trinajstić information content (AvgIpc) is 3.36. The van der Waals surface area contributed by atoms with Gasteiger partial charge in [0.15, 0.2) is 11.5 Å². The van der Waals surface area contributed by atoms with Crippen molar-refractivity contribution >= 4 is 21.7 Å². The minimum atomic E-state index is -3.39. The molecule has 0 aromatic heterocycles. The number of rotatable bonds is 12. The van der Waals surface area contributed by atoms with E-state index in [4.69, 9.17) is 14.2 Å². The number of aliphatic carboxylic acids is 1. The minimum absolute atomic E-state index is 0.226. The van der Waals surface area contributed by atoms with Crippen LogP contribution in [0.5, 0.6) is 11.5 Å². The number of carbonyl (C=O) groups excluding carboxylic acids is 1. The van der Waals surface area contributed by atoms with Crippen LogP contribution >= 0.6 is 0 Å². The highest BCUT2D eigenvalue weighted by atomic mass is 32.2. The van der Waals surface area contributed by atoms with Crippen LogP contribution < -0.4 is 14.8 Å². The molecular formula is C29H31NO8S. The molecule has 1 unspecified atom stereocenters.